The number of piperidine rings is 1. The van der Waals surface area contributed by atoms with Crippen molar-refractivity contribution in [3.05, 3.63) is 63.4 Å². The Hall–Kier alpha value is -3.36. The Morgan fingerprint density at radius 1 is 1.14 bits per heavy atom. The van der Waals surface area contributed by atoms with Gasteiger partial charge in [0, 0.05) is 25.6 Å². The number of carbonyl (C=O) groups excluding carboxylic acids is 2. The maximum absolute atomic E-state index is 12.6. The summed E-state index contributed by atoms with van der Waals surface area (Å²) < 4.78 is 10.7. The lowest BCUT2D eigenvalue weighted by atomic mass is 9.99. The number of hydrogen-bond donors (Lipinski definition) is 0. The first-order valence-electron chi connectivity index (χ1n) is 9.63. The Bertz CT molecular complexity index is 994. The van der Waals surface area contributed by atoms with Crippen molar-refractivity contribution in [3.8, 4) is 0 Å². The minimum Gasteiger partial charge on any atom is -0.443 e. The average molecular weight is 397 g/mol. The SMILES string of the molecule is O=C(c1ccc([N+](=O)[O-])o1)N1CCC(N2C(=O)O[C@H]3Cc4ccccc4[C@H]32)CC1. The first kappa shape index (κ1) is 17.7. The van der Waals surface area contributed by atoms with E-state index in [1.807, 2.05) is 17.0 Å². The molecule has 1 aliphatic carbocycles. The molecule has 2 saturated heterocycles. The summed E-state index contributed by atoms with van der Waals surface area (Å²) in [6, 6.07) is 10.5. The van der Waals surface area contributed by atoms with E-state index in [1.54, 1.807) is 4.90 Å². The van der Waals surface area contributed by atoms with Gasteiger partial charge < -0.3 is 14.1 Å². The molecule has 0 radical (unpaired) electrons. The Morgan fingerprint density at radius 3 is 2.62 bits per heavy atom. The quantitative estimate of drug-likeness (QED) is 0.582. The highest BCUT2D eigenvalue weighted by Gasteiger charge is 2.50. The van der Waals surface area contributed by atoms with E-state index < -0.39 is 10.8 Å². The summed E-state index contributed by atoms with van der Waals surface area (Å²) in [7, 11) is 0. The summed E-state index contributed by atoms with van der Waals surface area (Å²) in [6.45, 7) is 0.890. The van der Waals surface area contributed by atoms with E-state index in [0.717, 1.165) is 12.0 Å². The lowest BCUT2D eigenvalue weighted by Gasteiger charge is -2.37. The van der Waals surface area contributed by atoms with Crippen LogP contribution < -0.4 is 0 Å². The van der Waals surface area contributed by atoms with Gasteiger partial charge in [0.15, 0.2) is 5.76 Å². The van der Waals surface area contributed by atoms with E-state index >= 15 is 0 Å². The predicted octanol–water partition coefficient (Wildman–Crippen LogP) is 2.91. The molecule has 1 aromatic carbocycles. The summed E-state index contributed by atoms with van der Waals surface area (Å²) >= 11 is 0. The van der Waals surface area contributed by atoms with Crippen LogP contribution >= 0.6 is 0 Å². The summed E-state index contributed by atoms with van der Waals surface area (Å²) in [5.41, 5.74) is 2.36. The largest absolute Gasteiger partial charge is 0.443 e. The number of ether oxygens (including phenoxy) is 1. The van der Waals surface area contributed by atoms with Crippen molar-refractivity contribution in [1.29, 1.82) is 0 Å². The molecule has 0 spiro atoms. The third-order valence-corrected chi connectivity index (χ3v) is 6.04. The van der Waals surface area contributed by atoms with Crippen LogP contribution in [0.2, 0.25) is 0 Å². The molecule has 0 bridgehead atoms. The zero-order valence-electron chi connectivity index (χ0n) is 15.5. The molecule has 0 saturated carbocycles. The number of nitro groups is 1. The monoisotopic (exact) mass is 397 g/mol. The molecule has 5 rings (SSSR count). The van der Waals surface area contributed by atoms with Crippen molar-refractivity contribution in [2.24, 2.45) is 0 Å². The Labute approximate surface area is 166 Å². The third kappa shape index (κ3) is 2.84. The van der Waals surface area contributed by atoms with Crippen molar-refractivity contribution < 1.29 is 23.7 Å². The molecule has 3 heterocycles. The molecule has 2 aliphatic heterocycles. The van der Waals surface area contributed by atoms with E-state index in [9.17, 15) is 19.7 Å². The summed E-state index contributed by atoms with van der Waals surface area (Å²) in [5, 5.41) is 10.7. The van der Waals surface area contributed by atoms with Gasteiger partial charge >= 0.3 is 12.0 Å². The van der Waals surface area contributed by atoms with Crippen LogP contribution in [-0.4, -0.2) is 52.0 Å². The zero-order valence-corrected chi connectivity index (χ0v) is 15.5. The molecule has 0 N–H and O–H groups in total. The number of furan rings is 1. The fourth-order valence-corrected chi connectivity index (χ4v) is 4.70. The second kappa shape index (κ2) is 6.61. The normalized spacial score (nSPS) is 23.7. The average Bonchev–Trinajstić information content (AvgIpc) is 3.41. The van der Waals surface area contributed by atoms with Crippen molar-refractivity contribution in [2.45, 2.75) is 37.5 Å². The molecule has 2 atom stereocenters. The molecule has 2 fully saturated rings. The molecular weight excluding hydrogens is 378 g/mol. The van der Waals surface area contributed by atoms with Crippen LogP contribution in [0.3, 0.4) is 0 Å². The highest BCUT2D eigenvalue weighted by Crippen LogP contribution is 2.44. The standard InChI is InChI=1S/C20H19N3O6/c24-19(15-5-6-17(28-15)23(26)27)21-9-7-13(8-10-21)22-18-14-4-2-1-3-12(14)11-16(18)29-20(22)25/h1-6,13,16,18H,7-11H2/t16-,18+/m0/s1. The molecule has 2 amide bonds. The minimum atomic E-state index is -0.669. The van der Waals surface area contributed by atoms with Crippen molar-refractivity contribution in [3.63, 3.8) is 0 Å². The van der Waals surface area contributed by atoms with Gasteiger partial charge in [-0.05, 0) is 30.0 Å². The van der Waals surface area contributed by atoms with Gasteiger partial charge in [0.1, 0.15) is 11.0 Å². The van der Waals surface area contributed by atoms with Crippen molar-refractivity contribution >= 4 is 17.9 Å². The highest BCUT2D eigenvalue weighted by atomic mass is 16.6. The number of benzene rings is 1. The summed E-state index contributed by atoms with van der Waals surface area (Å²) in [4.78, 5) is 38.7. The smallest absolute Gasteiger partial charge is 0.433 e. The van der Waals surface area contributed by atoms with Crippen LogP contribution in [0.15, 0.2) is 40.8 Å². The van der Waals surface area contributed by atoms with Crippen LogP contribution in [0.4, 0.5) is 10.7 Å². The van der Waals surface area contributed by atoms with E-state index in [4.69, 9.17) is 9.15 Å². The predicted molar refractivity (Wildman–Crippen MR) is 99.3 cm³/mol. The van der Waals surface area contributed by atoms with Crippen LogP contribution in [0.25, 0.3) is 0 Å². The summed E-state index contributed by atoms with van der Waals surface area (Å²) in [6.07, 6.45) is 1.53. The molecule has 150 valence electrons. The van der Waals surface area contributed by atoms with Crippen LogP contribution in [-0.2, 0) is 11.2 Å². The molecule has 3 aliphatic rings. The maximum atomic E-state index is 12.6. The van der Waals surface area contributed by atoms with E-state index in [-0.39, 0.29) is 35.9 Å². The zero-order chi connectivity index (χ0) is 20.1. The lowest BCUT2D eigenvalue weighted by molar-refractivity contribution is -0.402. The molecule has 2 aromatic rings. The lowest BCUT2D eigenvalue weighted by Crippen LogP contribution is -2.47. The maximum Gasteiger partial charge on any atom is 0.433 e. The number of nitrogens with zero attached hydrogens (tertiary/aromatic N) is 3. The fourth-order valence-electron chi connectivity index (χ4n) is 4.70. The van der Waals surface area contributed by atoms with Crippen molar-refractivity contribution in [1.82, 2.24) is 9.80 Å². The Balaban J connectivity index is 1.28. The minimum absolute atomic E-state index is 0.0151. The Morgan fingerprint density at radius 2 is 1.90 bits per heavy atom. The molecule has 0 unspecified atom stereocenters. The van der Waals surface area contributed by atoms with Gasteiger partial charge in [0.05, 0.1) is 12.1 Å². The summed E-state index contributed by atoms with van der Waals surface area (Å²) in [5.74, 6) is -0.862. The van der Waals surface area contributed by atoms with Gasteiger partial charge in [-0.2, -0.15) is 0 Å². The van der Waals surface area contributed by atoms with E-state index in [1.165, 1.54) is 17.7 Å². The topological polar surface area (TPSA) is 106 Å². The molecule has 29 heavy (non-hydrogen) atoms. The third-order valence-electron chi connectivity index (χ3n) is 6.04. The first-order chi connectivity index (χ1) is 14.0. The van der Waals surface area contributed by atoms with Gasteiger partial charge in [0.2, 0.25) is 0 Å². The van der Waals surface area contributed by atoms with Gasteiger partial charge in [-0.3, -0.25) is 19.8 Å². The van der Waals surface area contributed by atoms with E-state index in [2.05, 4.69) is 12.1 Å². The number of likely N-dealkylation sites (tertiary alicyclic amines) is 1. The molecular formula is C20H19N3O6. The van der Waals surface area contributed by atoms with Crippen LogP contribution in [0, 0.1) is 10.1 Å². The van der Waals surface area contributed by atoms with Gasteiger partial charge in [-0.25, -0.2) is 4.79 Å². The number of rotatable bonds is 3. The molecule has 9 heteroatoms. The molecule has 1 aromatic heterocycles. The first-order valence-corrected chi connectivity index (χ1v) is 9.63. The van der Waals surface area contributed by atoms with Gasteiger partial charge in [-0.1, -0.05) is 24.3 Å². The van der Waals surface area contributed by atoms with Gasteiger partial charge in [0.25, 0.3) is 5.91 Å². The van der Waals surface area contributed by atoms with Crippen LogP contribution in [0.1, 0.15) is 40.6 Å². The molecule has 9 nitrogen and oxygen atoms in total. The van der Waals surface area contributed by atoms with Gasteiger partial charge in [-0.15, -0.1) is 0 Å². The van der Waals surface area contributed by atoms with E-state index in [0.29, 0.717) is 25.9 Å². The number of fused-ring (bicyclic) bond motifs is 3. The number of amides is 2. The van der Waals surface area contributed by atoms with Crippen LogP contribution in [0.5, 0.6) is 0 Å². The second-order valence-electron chi connectivity index (χ2n) is 7.60. The fraction of sp³-hybridized carbons (Fsp3) is 0.400. The second-order valence-corrected chi connectivity index (χ2v) is 7.60. The highest BCUT2D eigenvalue weighted by molar-refractivity contribution is 5.91. The number of hydrogen-bond acceptors (Lipinski definition) is 6. The Kier molecular flexibility index (Phi) is 4.04. The van der Waals surface area contributed by atoms with Crippen molar-refractivity contribution in [2.75, 3.05) is 13.1 Å². The number of carbonyl (C=O) groups is 2.